The first-order valence-corrected chi connectivity index (χ1v) is 13.6. The number of nitrogens with one attached hydrogen (secondary N) is 1. The maximum atomic E-state index is 14.6. The normalized spacial score (nSPS) is 18.0. The zero-order valence-corrected chi connectivity index (χ0v) is 22.8. The number of likely N-dealkylation sites (tertiary alicyclic amines) is 1. The van der Waals surface area contributed by atoms with Gasteiger partial charge in [0.25, 0.3) is 0 Å². The molecule has 4 aromatic rings. The van der Waals surface area contributed by atoms with E-state index in [1.807, 2.05) is 12.1 Å². The highest BCUT2D eigenvalue weighted by atomic mass is 35.5. The molecule has 2 aromatic heterocycles. The van der Waals surface area contributed by atoms with Gasteiger partial charge in [0.2, 0.25) is 5.91 Å². The predicted octanol–water partition coefficient (Wildman–Crippen LogP) is 4.40. The molecule has 2 fully saturated rings. The van der Waals surface area contributed by atoms with E-state index < -0.39 is 5.82 Å². The molecule has 1 atom stereocenters. The highest BCUT2D eigenvalue weighted by molar-refractivity contribution is 6.33. The quantitative estimate of drug-likeness (QED) is 0.329. The fourth-order valence-electron chi connectivity index (χ4n) is 5.32. The predicted molar refractivity (Wildman–Crippen MR) is 151 cm³/mol. The Morgan fingerprint density at radius 2 is 2.05 bits per heavy atom. The summed E-state index contributed by atoms with van der Waals surface area (Å²) < 4.78 is 27.0. The molecule has 12 heteroatoms. The van der Waals surface area contributed by atoms with Crippen LogP contribution in [0.25, 0.3) is 21.8 Å². The van der Waals surface area contributed by atoms with Gasteiger partial charge >= 0.3 is 6.01 Å². The van der Waals surface area contributed by atoms with E-state index in [4.69, 9.17) is 31.0 Å². The summed E-state index contributed by atoms with van der Waals surface area (Å²) in [5, 5.41) is 7.90. The molecule has 0 aliphatic carbocycles. The van der Waals surface area contributed by atoms with Crippen LogP contribution in [0.4, 0.5) is 10.2 Å². The largest absolute Gasteiger partial charge is 0.462 e. The Morgan fingerprint density at radius 1 is 1.23 bits per heavy atom. The number of aromatic nitrogens is 4. The Kier molecular flexibility index (Phi) is 7.16. The molecule has 1 amide bonds. The third kappa shape index (κ3) is 4.90. The number of hydrogen-bond acceptors (Lipinski definition) is 8. The summed E-state index contributed by atoms with van der Waals surface area (Å²) in [6.07, 6.45) is 5.04. The first-order chi connectivity index (χ1) is 19.4. The lowest BCUT2D eigenvalue weighted by atomic mass is 10.2. The van der Waals surface area contributed by atoms with Gasteiger partial charge in [-0.2, -0.15) is 15.1 Å². The van der Waals surface area contributed by atoms with E-state index in [0.29, 0.717) is 60.8 Å². The van der Waals surface area contributed by atoms with Crippen LogP contribution in [-0.4, -0.2) is 88.3 Å². The van der Waals surface area contributed by atoms with Gasteiger partial charge in [0.05, 0.1) is 17.1 Å². The minimum Gasteiger partial charge on any atom is -0.462 e. The summed E-state index contributed by atoms with van der Waals surface area (Å²) >= 11 is 6.35. The second-order valence-corrected chi connectivity index (χ2v) is 10.4. The third-order valence-corrected chi connectivity index (χ3v) is 7.95. The number of likely N-dealkylation sites (N-methyl/N-ethyl adjacent to an activating group) is 1. The number of piperazine rings is 1. The molecule has 40 heavy (non-hydrogen) atoms. The highest BCUT2D eigenvalue weighted by Gasteiger charge is 2.26. The standard InChI is InChI=1S/C28H29ClFN7O3/c1-3-23(38)36-10-12-37(13-11-36)27-18-7-4-8-22(40-26-19-15-31-34-21(19)14-20(30)24(26)29)25(18)32-28(33-27)39-16-17-6-5-9-35(17)2/h3-4,7-8,14-15,17H,1,5-6,9-13,16H2,2H3,(H,31,34). The van der Waals surface area contributed by atoms with E-state index in [1.54, 1.807) is 11.0 Å². The lowest BCUT2D eigenvalue weighted by molar-refractivity contribution is -0.126. The molecule has 6 rings (SSSR count). The van der Waals surface area contributed by atoms with Gasteiger partial charge in [-0.15, -0.1) is 0 Å². The van der Waals surface area contributed by atoms with Gasteiger partial charge in [-0.05, 0) is 44.6 Å². The molecule has 10 nitrogen and oxygen atoms in total. The second-order valence-electron chi connectivity index (χ2n) is 10.0. The molecule has 0 saturated carbocycles. The molecular weight excluding hydrogens is 537 g/mol. The Hall–Kier alpha value is -3.96. The van der Waals surface area contributed by atoms with Crippen LogP contribution >= 0.6 is 11.6 Å². The lowest BCUT2D eigenvalue weighted by Gasteiger charge is -2.35. The van der Waals surface area contributed by atoms with Crippen LogP contribution in [0.3, 0.4) is 0 Å². The van der Waals surface area contributed by atoms with E-state index in [-0.39, 0.29) is 28.7 Å². The number of benzene rings is 2. The third-order valence-electron chi connectivity index (χ3n) is 7.60. The van der Waals surface area contributed by atoms with Gasteiger partial charge in [-0.1, -0.05) is 24.2 Å². The van der Waals surface area contributed by atoms with E-state index >= 15 is 0 Å². The monoisotopic (exact) mass is 565 g/mol. The number of nitrogens with zero attached hydrogens (tertiary/aromatic N) is 6. The summed E-state index contributed by atoms with van der Waals surface area (Å²) in [6.45, 7) is 7.30. The molecule has 0 spiro atoms. The maximum Gasteiger partial charge on any atom is 0.319 e. The van der Waals surface area contributed by atoms with E-state index in [0.717, 1.165) is 24.8 Å². The average molecular weight is 566 g/mol. The van der Waals surface area contributed by atoms with E-state index in [1.165, 1.54) is 18.3 Å². The zero-order chi connectivity index (χ0) is 27.8. The molecule has 2 aromatic carbocycles. The van der Waals surface area contributed by atoms with Gasteiger partial charge in [0.15, 0.2) is 11.5 Å². The molecule has 2 saturated heterocycles. The van der Waals surface area contributed by atoms with Crippen molar-refractivity contribution in [3.8, 4) is 17.5 Å². The highest BCUT2D eigenvalue weighted by Crippen LogP contribution is 2.41. The maximum absolute atomic E-state index is 14.6. The number of anilines is 1. The summed E-state index contributed by atoms with van der Waals surface area (Å²) in [4.78, 5) is 27.8. The number of carbonyl (C=O) groups is 1. The van der Waals surface area contributed by atoms with Gasteiger partial charge in [-0.25, -0.2) is 4.39 Å². The van der Waals surface area contributed by atoms with Crippen molar-refractivity contribution in [2.75, 3.05) is 51.3 Å². The molecule has 4 heterocycles. The van der Waals surface area contributed by atoms with Crippen LogP contribution in [0.15, 0.2) is 43.1 Å². The molecule has 2 aliphatic rings. The average Bonchev–Trinajstić information content (AvgIpc) is 3.62. The van der Waals surface area contributed by atoms with Crippen LogP contribution < -0.4 is 14.4 Å². The van der Waals surface area contributed by atoms with Crippen LogP contribution in [0.5, 0.6) is 17.5 Å². The second kappa shape index (κ2) is 10.9. The zero-order valence-electron chi connectivity index (χ0n) is 22.1. The summed E-state index contributed by atoms with van der Waals surface area (Å²) in [5.74, 6) is 0.476. The van der Waals surface area contributed by atoms with Crippen molar-refractivity contribution in [3.63, 3.8) is 0 Å². The molecule has 0 bridgehead atoms. The Balaban J connectivity index is 1.40. The van der Waals surface area contributed by atoms with E-state index in [2.05, 4.69) is 33.6 Å². The summed E-state index contributed by atoms with van der Waals surface area (Å²) in [5.41, 5.74) is 0.966. The fourth-order valence-corrected chi connectivity index (χ4v) is 5.51. The van der Waals surface area contributed by atoms with Crippen molar-refractivity contribution in [2.24, 2.45) is 0 Å². The molecule has 208 valence electrons. The molecule has 0 radical (unpaired) electrons. The lowest BCUT2D eigenvalue weighted by Crippen LogP contribution is -2.48. The van der Waals surface area contributed by atoms with Crippen LogP contribution in [0.1, 0.15) is 12.8 Å². The number of H-pyrrole nitrogens is 1. The van der Waals surface area contributed by atoms with Gasteiger partial charge < -0.3 is 24.2 Å². The number of amides is 1. The molecule has 1 N–H and O–H groups in total. The fraction of sp³-hybridized carbons (Fsp3) is 0.357. The van der Waals surface area contributed by atoms with Crippen molar-refractivity contribution >= 4 is 45.1 Å². The Labute approximate surface area is 235 Å². The van der Waals surface area contributed by atoms with Crippen molar-refractivity contribution < 1.29 is 18.7 Å². The number of fused-ring (bicyclic) bond motifs is 2. The number of hydrogen-bond donors (Lipinski definition) is 1. The number of halogens is 2. The summed E-state index contributed by atoms with van der Waals surface area (Å²) in [6, 6.07) is 7.28. The number of carbonyl (C=O) groups excluding carboxylic acids is 1. The Morgan fingerprint density at radius 3 is 2.80 bits per heavy atom. The van der Waals surface area contributed by atoms with Crippen LogP contribution in [0.2, 0.25) is 5.02 Å². The number of aromatic amines is 1. The minimum absolute atomic E-state index is 0.0925. The van der Waals surface area contributed by atoms with Gasteiger partial charge in [-0.3, -0.25) is 9.89 Å². The number of para-hydroxylation sites is 1. The first kappa shape index (κ1) is 26.3. The van der Waals surface area contributed by atoms with Crippen LogP contribution in [0, 0.1) is 5.82 Å². The molecule has 2 aliphatic heterocycles. The van der Waals surface area contributed by atoms with Crippen molar-refractivity contribution in [3.05, 3.63) is 54.0 Å². The summed E-state index contributed by atoms with van der Waals surface area (Å²) in [7, 11) is 2.09. The smallest absolute Gasteiger partial charge is 0.319 e. The van der Waals surface area contributed by atoms with Gasteiger partial charge in [0, 0.05) is 43.7 Å². The number of rotatable bonds is 7. The van der Waals surface area contributed by atoms with Crippen molar-refractivity contribution in [1.29, 1.82) is 0 Å². The first-order valence-electron chi connectivity index (χ1n) is 13.2. The molecular formula is C28H29ClFN7O3. The topological polar surface area (TPSA) is 99.7 Å². The van der Waals surface area contributed by atoms with Gasteiger partial charge in [0.1, 0.15) is 28.8 Å². The Bertz CT molecular complexity index is 1590. The number of ether oxygens (including phenoxy) is 2. The van der Waals surface area contributed by atoms with Crippen molar-refractivity contribution in [2.45, 2.75) is 18.9 Å². The van der Waals surface area contributed by atoms with E-state index in [9.17, 15) is 9.18 Å². The SMILES string of the molecule is C=CC(=O)N1CCN(c2nc(OCC3CCCN3C)nc3c(Oc4c(Cl)c(F)cc5[nH]ncc45)cccc23)CC1. The molecule has 1 unspecified atom stereocenters. The van der Waals surface area contributed by atoms with Crippen LogP contribution in [-0.2, 0) is 4.79 Å². The minimum atomic E-state index is -0.624. The van der Waals surface area contributed by atoms with Crippen molar-refractivity contribution in [1.82, 2.24) is 30.0 Å².